The predicted octanol–water partition coefficient (Wildman–Crippen LogP) is 1.65. The number of piperazine rings is 1. The first-order valence-corrected chi connectivity index (χ1v) is 10.2. The minimum Gasteiger partial charge on any atom is -0.353 e. The van der Waals surface area contributed by atoms with E-state index >= 15 is 0 Å². The molecule has 1 aromatic carbocycles. The maximum atomic E-state index is 13.0. The molecule has 142 valence electrons. The van der Waals surface area contributed by atoms with Crippen molar-refractivity contribution < 1.29 is 8.42 Å². The summed E-state index contributed by atoms with van der Waals surface area (Å²) in [7, 11) is -3.63. The number of pyridine rings is 1. The summed E-state index contributed by atoms with van der Waals surface area (Å²) in [4.78, 5) is 6.39. The van der Waals surface area contributed by atoms with Gasteiger partial charge in [0, 0.05) is 32.4 Å². The normalized spacial score (nSPS) is 15.3. The van der Waals surface area contributed by atoms with Gasteiger partial charge in [-0.25, -0.2) is 18.1 Å². The number of anilines is 1. The third kappa shape index (κ3) is 3.35. The fourth-order valence-corrected chi connectivity index (χ4v) is 4.54. The number of hydrogen-bond acceptors (Lipinski definition) is 6. The lowest BCUT2D eigenvalue weighted by molar-refractivity contribution is 0.383. The molecule has 0 unspecified atom stereocenters. The van der Waals surface area contributed by atoms with Crippen molar-refractivity contribution in [2.45, 2.75) is 4.90 Å². The molecule has 3 aromatic rings. The molecule has 9 heteroatoms. The number of benzene rings is 1. The van der Waals surface area contributed by atoms with Gasteiger partial charge in [-0.2, -0.15) is 14.7 Å². The van der Waals surface area contributed by atoms with E-state index in [1.165, 1.54) is 16.7 Å². The minimum atomic E-state index is -3.63. The van der Waals surface area contributed by atoms with Gasteiger partial charge in [0.25, 0.3) is 0 Å². The highest BCUT2D eigenvalue weighted by Crippen LogP contribution is 2.22. The van der Waals surface area contributed by atoms with Gasteiger partial charge in [-0.05, 0) is 24.3 Å². The maximum absolute atomic E-state index is 13.0. The molecular formula is C19H18N6O2S. The molecule has 0 N–H and O–H groups in total. The Morgan fingerprint density at radius 3 is 2.46 bits per heavy atom. The molecule has 1 saturated heterocycles. The van der Waals surface area contributed by atoms with Crippen molar-refractivity contribution >= 4 is 15.8 Å². The van der Waals surface area contributed by atoms with E-state index in [1.54, 1.807) is 23.0 Å². The first-order valence-electron chi connectivity index (χ1n) is 8.80. The smallest absolute Gasteiger partial charge is 0.246 e. The van der Waals surface area contributed by atoms with Gasteiger partial charge >= 0.3 is 0 Å². The molecule has 0 radical (unpaired) electrons. The Bertz CT molecular complexity index is 1110. The van der Waals surface area contributed by atoms with Gasteiger partial charge in [0.2, 0.25) is 10.0 Å². The van der Waals surface area contributed by atoms with Crippen molar-refractivity contribution in [3.05, 3.63) is 66.6 Å². The molecule has 4 rings (SSSR count). The van der Waals surface area contributed by atoms with Gasteiger partial charge in [-0.15, -0.1) is 0 Å². The number of aromatic nitrogens is 3. The number of rotatable bonds is 4. The van der Waals surface area contributed by atoms with Crippen molar-refractivity contribution in [1.82, 2.24) is 19.1 Å². The summed E-state index contributed by atoms with van der Waals surface area (Å²) in [6.45, 7) is 1.58. The van der Waals surface area contributed by atoms with Crippen LogP contribution >= 0.6 is 0 Å². The van der Waals surface area contributed by atoms with Crippen LogP contribution < -0.4 is 4.90 Å². The summed E-state index contributed by atoms with van der Waals surface area (Å²) in [6, 6.07) is 14.9. The molecule has 2 aromatic heterocycles. The van der Waals surface area contributed by atoms with Crippen LogP contribution in [-0.4, -0.2) is 53.7 Å². The average Bonchev–Trinajstić information content (AvgIpc) is 3.26. The monoisotopic (exact) mass is 394 g/mol. The van der Waals surface area contributed by atoms with E-state index in [0.717, 1.165) is 5.69 Å². The highest BCUT2D eigenvalue weighted by Gasteiger charge is 2.30. The van der Waals surface area contributed by atoms with Crippen LogP contribution in [0.1, 0.15) is 5.56 Å². The van der Waals surface area contributed by atoms with Crippen LogP contribution in [0.25, 0.3) is 5.69 Å². The third-order valence-corrected chi connectivity index (χ3v) is 6.51. The van der Waals surface area contributed by atoms with E-state index in [-0.39, 0.29) is 4.90 Å². The summed E-state index contributed by atoms with van der Waals surface area (Å²) < 4.78 is 29.0. The van der Waals surface area contributed by atoms with Crippen LogP contribution in [0.3, 0.4) is 0 Å². The highest BCUT2D eigenvalue weighted by molar-refractivity contribution is 7.89. The summed E-state index contributed by atoms with van der Waals surface area (Å²) >= 11 is 0. The van der Waals surface area contributed by atoms with Gasteiger partial charge in [-0.1, -0.05) is 18.2 Å². The molecule has 28 heavy (non-hydrogen) atoms. The van der Waals surface area contributed by atoms with Crippen molar-refractivity contribution in [3.8, 4) is 11.8 Å². The van der Waals surface area contributed by atoms with Crippen molar-refractivity contribution in [1.29, 1.82) is 5.26 Å². The molecule has 0 amide bonds. The molecule has 0 bridgehead atoms. The number of hydrogen-bond donors (Lipinski definition) is 0. The molecular weight excluding hydrogens is 376 g/mol. The zero-order valence-electron chi connectivity index (χ0n) is 15.0. The highest BCUT2D eigenvalue weighted by atomic mass is 32.2. The van der Waals surface area contributed by atoms with Crippen LogP contribution in [0.4, 0.5) is 5.82 Å². The fraction of sp³-hybridized carbons (Fsp3) is 0.211. The Balaban J connectivity index is 1.50. The lowest BCUT2D eigenvalue weighted by Gasteiger charge is -2.34. The Labute approximate surface area is 163 Å². The first kappa shape index (κ1) is 18.2. The van der Waals surface area contributed by atoms with E-state index in [2.05, 4.69) is 16.2 Å². The summed E-state index contributed by atoms with van der Waals surface area (Å²) in [5, 5.41) is 13.4. The second-order valence-electron chi connectivity index (χ2n) is 6.33. The lowest BCUT2D eigenvalue weighted by atomic mass is 10.2. The zero-order chi connectivity index (χ0) is 19.6. The average molecular weight is 394 g/mol. The Kier molecular flexibility index (Phi) is 4.81. The standard InChI is InChI=1S/C19H18N6O2S/c20-13-16-5-4-8-21-19(16)23-9-11-24(12-10-23)28(26,27)18-14-22-25(15-18)17-6-2-1-3-7-17/h1-8,14-15H,9-12H2. The van der Waals surface area contributed by atoms with Gasteiger partial charge in [0.15, 0.2) is 0 Å². The first-order chi connectivity index (χ1) is 13.6. The summed E-state index contributed by atoms with van der Waals surface area (Å²) in [6.07, 6.45) is 4.54. The van der Waals surface area contributed by atoms with E-state index in [0.29, 0.717) is 37.6 Å². The third-order valence-electron chi connectivity index (χ3n) is 4.66. The van der Waals surface area contributed by atoms with E-state index in [4.69, 9.17) is 0 Å². The fourth-order valence-electron chi connectivity index (χ4n) is 3.19. The molecule has 0 spiro atoms. The molecule has 1 aliphatic rings. The predicted molar refractivity (Wildman–Crippen MR) is 103 cm³/mol. The molecule has 0 aliphatic carbocycles. The molecule has 1 fully saturated rings. The number of nitrogens with zero attached hydrogens (tertiary/aromatic N) is 6. The Hall–Kier alpha value is -3.22. The van der Waals surface area contributed by atoms with Crippen molar-refractivity contribution in [3.63, 3.8) is 0 Å². The molecule has 3 heterocycles. The van der Waals surface area contributed by atoms with E-state index in [1.807, 2.05) is 35.2 Å². The van der Waals surface area contributed by atoms with Crippen LogP contribution in [0, 0.1) is 11.3 Å². The molecule has 1 aliphatic heterocycles. The second-order valence-corrected chi connectivity index (χ2v) is 8.27. The second kappa shape index (κ2) is 7.42. The van der Waals surface area contributed by atoms with Gasteiger partial charge in [0.1, 0.15) is 16.8 Å². The van der Waals surface area contributed by atoms with Crippen LogP contribution in [-0.2, 0) is 10.0 Å². The summed E-state index contributed by atoms with van der Waals surface area (Å²) in [5.41, 5.74) is 1.29. The zero-order valence-corrected chi connectivity index (χ0v) is 15.8. The molecule has 0 saturated carbocycles. The lowest BCUT2D eigenvalue weighted by Crippen LogP contribution is -2.49. The summed E-state index contributed by atoms with van der Waals surface area (Å²) in [5.74, 6) is 0.596. The number of nitriles is 1. The van der Waals surface area contributed by atoms with Crippen LogP contribution in [0.2, 0.25) is 0 Å². The minimum absolute atomic E-state index is 0.167. The van der Waals surface area contributed by atoms with E-state index < -0.39 is 10.0 Å². The molecule has 0 atom stereocenters. The van der Waals surface area contributed by atoms with Crippen molar-refractivity contribution in [2.75, 3.05) is 31.1 Å². The van der Waals surface area contributed by atoms with Crippen molar-refractivity contribution in [2.24, 2.45) is 0 Å². The van der Waals surface area contributed by atoms with Crippen LogP contribution in [0.15, 0.2) is 66.0 Å². The SMILES string of the molecule is N#Cc1cccnc1N1CCN(S(=O)(=O)c2cnn(-c3ccccc3)c2)CC1. The number of sulfonamides is 1. The van der Waals surface area contributed by atoms with Gasteiger partial charge in [-0.3, -0.25) is 0 Å². The van der Waals surface area contributed by atoms with Gasteiger partial charge < -0.3 is 4.90 Å². The van der Waals surface area contributed by atoms with Crippen LogP contribution in [0.5, 0.6) is 0 Å². The topological polar surface area (TPSA) is 95.1 Å². The maximum Gasteiger partial charge on any atom is 0.246 e. The Morgan fingerprint density at radius 2 is 1.75 bits per heavy atom. The molecule has 8 nitrogen and oxygen atoms in total. The van der Waals surface area contributed by atoms with Gasteiger partial charge in [0.05, 0.1) is 23.6 Å². The Morgan fingerprint density at radius 1 is 1.00 bits per heavy atom. The van der Waals surface area contributed by atoms with E-state index in [9.17, 15) is 13.7 Å². The largest absolute Gasteiger partial charge is 0.353 e. The quantitative estimate of drug-likeness (QED) is 0.668. The number of para-hydroxylation sites is 1.